The van der Waals surface area contributed by atoms with Crippen molar-refractivity contribution in [2.45, 2.75) is 26.8 Å². The highest BCUT2D eigenvalue weighted by molar-refractivity contribution is 7.17. The number of anilines is 1. The number of hydrazine groups is 1. The van der Waals surface area contributed by atoms with Gasteiger partial charge in [-0.25, -0.2) is 4.98 Å². The number of hydrogen-bond acceptors (Lipinski definition) is 7. The number of morpholine rings is 1. The summed E-state index contributed by atoms with van der Waals surface area (Å²) in [6, 6.07) is 7.97. The average molecular weight is 458 g/mol. The Bertz CT molecular complexity index is 1000. The van der Waals surface area contributed by atoms with Gasteiger partial charge in [0.15, 0.2) is 5.13 Å². The van der Waals surface area contributed by atoms with Gasteiger partial charge < -0.3 is 14.5 Å². The first kappa shape index (κ1) is 22.2. The number of benzene rings is 1. The third kappa shape index (κ3) is 5.08. The van der Waals surface area contributed by atoms with E-state index in [4.69, 9.17) is 4.74 Å². The Balaban J connectivity index is 1.30. The molecule has 2 saturated heterocycles. The molecule has 0 radical (unpaired) electrons. The predicted molar refractivity (Wildman–Crippen MR) is 120 cm³/mol. The highest BCUT2D eigenvalue weighted by Gasteiger charge is 2.34. The first-order valence-electron chi connectivity index (χ1n) is 10.6. The van der Waals surface area contributed by atoms with E-state index in [1.807, 2.05) is 31.2 Å². The minimum Gasteiger partial charge on any atom is -0.378 e. The Morgan fingerprint density at radius 3 is 2.59 bits per heavy atom. The van der Waals surface area contributed by atoms with Gasteiger partial charge in [0, 0.05) is 32.6 Å². The molecule has 2 aliphatic rings. The smallest absolute Gasteiger partial charge is 0.281 e. The maximum atomic E-state index is 12.6. The summed E-state index contributed by atoms with van der Waals surface area (Å²) in [6.07, 6.45) is 0.133. The second-order valence-corrected chi connectivity index (χ2v) is 9.09. The van der Waals surface area contributed by atoms with Crippen molar-refractivity contribution in [3.63, 3.8) is 0 Å². The van der Waals surface area contributed by atoms with Crippen LogP contribution in [0.3, 0.4) is 0 Å². The minimum atomic E-state index is -0.500. The van der Waals surface area contributed by atoms with Crippen LogP contribution in [0, 0.1) is 19.8 Å². The number of hydrogen-bond donors (Lipinski definition) is 2. The number of ether oxygens (including phenoxy) is 1. The van der Waals surface area contributed by atoms with Crippen LogP contribution in [0.1, 0.15) is 32.9 Å². The van der Waals surface area contributed by atoms with Gasteiger partial charge in [0.2, 0.25) is 11.8 Å². The van der Waals surface area contributed by atoms with Crippen LogP contribution in [0.15, 0.2) is 24.3 Å². The first-order chi connectivity index (χ1) is 15.4. The van der Waals surface area contributed by atoms with Crippen LogP contribution in [0.5, 0.6) is 0 Å². The Morgan fingerprint density at radius 2 is 1.88 bits per heavy atom. The molecule has 0 unspecified atom stereocenters. The van der Waals surface area contributed by atoms with Gasteiger partial charge in [-0.3, -0.25) is 25.2 Å². The summed E-state index contributed by atoms with van der Waals surface area (Å²) in [5.74, 6) is -1.34. The van der Waals surface area contributed by atoms with Crippen LogP contribution in [0.4, 0.5) is 5.13 Å². The van der Waals surface area contributed by atoms with Crippen LogP contribution in [-0.2, 0) is 20.9 Å². The van der Waals surface area contributed by atoms with E-state index in [1.165, 1.54) is 11.3 Å². The summed E-state index contributed by atoms with van der Waals surface area (Å²) < 4.78 is 5.35. The predicted octanol–water partition coefficient (Wildman–Crippen LogP) is 1.41. The quantitative estimate of drug-likeness (QED) is 0.658. The van der Waals surface area contributed by atoms with Gasteiger partial charge in [0.25, 0.3) is 5.91 Å². The van der Waals surface area contributed by atoms with E-state index in [-0.39, 0.29) is 18.2 Å². The van der Waals surface area contributed by atoms with E-state index in [9.17, 15) is 14.4 Å². The summed E-state index contributed by atoms with van der Waals surface area (Å²) in [7, 11) is 0. The van der Waals surface area contributed by atoms with E-state index >= 15 is 0 Å². The van der Waals surface area contributed by atoms with Crippen molar-refractivity contribution >= 4 is 34.2 Å². The maximum absolute atomic E-state index is 12.6. The van der Waals surface area contributed by atoms with E-state index in [2.05, 4.69) is 20.7 Å². The standard InChI is InChI=1S/C22H27N5O4S/c1-14-3-5-16(6-4-14)12-27-13-17(11-18(27)28)20(29)24-25-21(30)19-15(2)23-22(32-19)26-7-9-31-10-8-26/h3-6,17H,7-13H2,1-2H3,(H,24,29)(H,25,30)/t17-/m1/s1. The monoisotopic (exact) mass is 457 g/mol. The lowest BCUT2D eigenvalue weighted by molar-refractivity contribution is -0.129. The Labute approximate surface area is 190 Å². The van der Waals surface area contributed by atoms with Gasteiger partial charge in [0.05, 0.1) is 24.8 Å². The summed E-state index contributed by atoms with van der Waals surface area (Å²) >= 11 is 1.29. The lowest BCUT2D eigenvalue weighted by Gasteiger charge is -2.25. The fourth-order valence-corrected chi connectivity index (χ4v) is 4.79. The molecule has 32 heavy (non-hydrogen) atoms. The number of carbonyl (C=O) groups excluding carboxylic acids is 3. The molecular formula is C22H27N5O4S. The van der Waals surface area contributed by atoms with Crippen LogP contribution < -0.4 is 15.8 Å². The number of likely N-dealkylation sites (tertiary alicyclic amines) is 1. The highest BCUT2D eigenvalue weighted by Crippen LogP contribution is 2.26. The van der Waals surface area contributed by atoms with Crippen LogP contribution >= 0.6 is 11.3 Å². The molecule has 2 aliphatic heterocycles. The van der Waals surface area contributed by atoms with Crippen molar-refractivity contribution in [2.24, 2.45) is 5.92 Å². The zero-order chi connectivity index (χ0) is 22.7. The lowest BCUT2D eigenvalue weighted by Crippen LogP contribution is -2.45. The topological polar surface area (TPSA) is 104 Å². The molecule has 3 amide bonds. The van der Waals surface area contributed by atoms with E-state index in [0.717, 1.165) is 29.3 Å². The fraction of sp³-hybridized carbons (Fsp3) is 0.455. The third-order valence-corrected chi connectivity index (χ3v) is 6.87. The molecule has 2 fully saturated rings. The molecular weight excluding hydrogens is 430 g/mol. The van der Waals surface area contributed by atoms with Gasteiger partial charge in [-0.05, 0) is 19.4 Å². The Hall–Kier alpha value is -2.98. The van der Waals surface area contributed by atoms with Crippen LogP contribution in [0.25, 0.3) is 0 Å². The third-order valence-electron chi connectivity index (χ3n) is 5.65. The number of thiazole rings is 1. The van der Waals surface area contributed by atoms with Crippen molar-refractivity contribution in [1.29, 1.82) is 0 Å². The molecule has 9 nitrogen and oxygen atoms in total. The second kappa shape index (κ2) is 9.66. The summed E-state index contributed by atoms with van der Waals surface area (Å²) in [6.45, 7) is 7.33. The molecule has 0 spiro atoms. The summed E-state index contributed by atoms with van der Waals surface area (Å²) in [4.78, 5) is 46.2. The highest BCUT2D eigenvalue weighted by atomic mass is 32.1. The zero-order valence-electron chi connectivity index (χ0n) is 18.2. The maximum Gasteiger partial charge on any atom is 0.281 e. The van der Waals surface area contributed by atoms with Gasteiger partial charge >= 0.3 is 0 Å². The SMILES string of the molecule is Cc1ccc(CN2C[C@H](C(=O)NNC(=O)c3sc(N4CCOCC4)nc3C)CC2=O)cc1. The van der Waals surface area contributed by atoms with Crippen molar-refractivity contribution in [1.82, 2.24) is 20.7 Å². The lowest BCUT2D eigenvalue weighted by atomic mass is 10.1. The molecule has 1 aromatic heterocycles. The number of aryl methyl sites for hydroxylation is 2. The van der Waals surface area contributed by atoms with Crippen molar-refractivity contribution in [2.75, 3.05) is 37.7 Å². The zero-order valence-corrected chi connectivity index (χ0v) is 19.0. The molecule has 1 atom stereocenters. The summed E-state index contributed by atoms with van der Waals surface area (Å²) in [5, 5.41) is 0.774. The van der Waals surface area contributed by atoms with Crippen LogP contribution in [-0.4, -0.2) is 60.5 Å². The van der Waals surface area contributed by atoms with E-state index < -0.39 is 11.8 Å². The Kier molecular flexibility index (Phi) is 6.71. The fourth-order valence-electron chi connectivity index (χ4n) is 3.77. The summed E-state index contributed by atoms with van der Waals surface area (Å²) in [5.41, 5.74) is 7.75. The second-order valence-electron chi connectivity index (χ2n) is 8.11. The minimum absolute atomic E-state index is 0.0643. The van der Waals surface area contributed by atoms with Gasteiger partial charge in [0.1, 0.15) is 4.88 Å². The normalized spacial score (nSPS) is 18.7. The number of rotatable bonds is 5. The molecule has 2 N–H and O–H groups in total. The van der Waals surface area contributed by atoms with Crippen molar-refractivity contribution < 1.29 is 19.1 Å². The van der Waals surface area contributed by atoms with Gasteiger partial charge in [-0.2, -0.15) is 0 Å². The molecule has 1 aromatic carbocycles. The number of nitrogens with one attached hydrogen (secondary N) is 2. The molecule has 170 valence electrons. The van der Waals surface area contributed by atoms with E-state index in [1.54, 1.807) is 11.8 Å². The van der Waals surface area contributed by atoms with Crippen molar-refractivity contribution in [3.05, 3.63) is 46.0 Å². The van der Waals surface area contributed by atoms with Crippen LogP contribution in [0.2, 0.25) is 0 Å². The molecule has 2 aromatic rings. The molecule has 0 saturated carbocycles. The number of amides is 3. The van der Waals surface area contributed by atoms with Crippen molar-refractivity contribution in [3.8, 4) is 0 Å². The van der Waals surface area contributed by atoms with Gasteiger partial charge in [-0.15, -0.1) is 0 Å². The molecule has 4 rings (SSSR count). The van der Waals surface area contributed by atoms with Gasteiger partial charge in [-0.1, -0.05) is 41.2 Å². The average Bonchev–Trinajstić information content (AvgIpc) is 3.37. The molecule has 3 heterocycles. The largest absolute Gasteiger partial charge is 0.378 e. The first-order valence-corrected chi connectivity index (χ1v) is 11.5. The Morgan fingerprint density at radius 1 is 1.16 bits per heavy atom. The number of carbonyl (C=O) groups is 3. The van der Waals surface area contributed by atoms with E-state index in [0.29, 0.717) is 36.9 Å². The molecule has 10 heteroatoms. The number of aromatic nitrogens is 1. The molecule has 0 aliphatic carbocycles. The molecule has 0 bridgehead atoms. The number of nitrogens with zero attached hydrogens (tertiary/aromatic N) is 3.